The molecular weight excluding hydrogens is 298 g/mol. The summed E-state index contributed by atoms with van der Waals surface area (Å²) in [6, 6.07) is 0. The number of hydrogen-bond acceptors (Lipinski definition) is 5. The Kier molecular flexibility index (Phi) is 6.35. The van der Waals surface area contributed by atoms with E-state index in [9.17, 15) is 4.79 Å². The van der Waals surface area contributed by atoms with Crippen LogP contribution in [-0.2, 0) is 4.74 Å². The van der Waals surface area contributed by atoms with E-state index >= 15 is 0 Å². The number of amides is 1. The molecule has 124 valence electrons. The highest BCUT2D eigenvalue weighted by atomic mass is 32.1. The number of piperidine rings is 1. The lowest BCUT2D eigenvalue weighted by Gasteiger charge is -2.31. The van der Waals surface area contributed by atoms with Gasteiger partial charge in [0.2, 0.25) is 0 Å². The molecule has 0 spiro atoms. The number of methoxy groups -OCH3 is 1. The lowest BCUT2D eigenvalue weighted by Crippen LogP contribution is -2.38. The predicted octanol–water partition coefficient (Wildman–Crippen LogP) is 2.62. The minimum atomic E-state index is -0.0578. The topological polar surface area (TPSA) is 54.5 Å². The van der Waals surface area contributed by atoms with Gasteiger partial charge in [0.1, 0.15) is 16.0 Å². The summed E-state index contributed by atoms with van der Waals surface area (Å²) < 4.78 is 5.30. The molecule has 1 atom stereocenters. The van der Waals surface area contributed by atoms with Crippen LogP contribution in [0.3, 0.4) is 0 Å². The van der Waals surface area contributed by atoms with Crippen LogP contribution in [0.25, 0.3) is 0 Å². The van der Waals surface area contributed by atoms with E-state index in [-0.39, 0.29) is 12.0 Å². The van der Waals surface area contributed by atoms with Crippen molar-refractivity contribution in [3.05, 3.63) is 15.6 Å². The van der Waals surface area contributed by atoms with E-state index in [4.69, 9.17) is 4.74 Å². The number of nitrogens with zero attached hydrogens (tertiary/aromatic N) is 2. The molecule has 0 saturated carbocycles. The van der Waals surface area contributed by atoms with Crippen molar-refractivity contribution in [1.29, 1.82) is 0 Å². The molecule has 0 radical (unpaired) electrons. The van der Waals surface area contributed by atoms with Crippen LogP contribution in [-0.4, -0.2) is 49.6 Å². The summed E-state index contributed by atoms with van der Waals surface area (Å²) in [6.45, 7) is 6.65. The average molecular weight is 325 g/mol. The maximum Gasteiger partial charge on any atom is 0.265 e. The van der Waals surface area contributed by atoms with Crippen LogP contribution in [0, 0.1) is 12.8 Å². The molecular formula is C16H27N3O2S. The quantitative estimate of drug-likeness (QED) is 0.873. The average Bonchev–Trinajstić information content (AvgIpc) is 2.93. The minimum Gasteiger partial charge on any atom is -0.375 e. The van der Waals surface area contributed by atoms with E-state index in [0.29, 0.717) is 0 Å². The SMILES string of the molecule is CNCCC1CCN(C(=O)c2sc(C(C)OC)nc2C)CC1. The number of hydrogen-bond donors (Lipinski definition) is 1. The van der Waals surface area contributed by atoms with E-state index in [0.717, 1.165) is 54.0 Å². The zero-order valence-corrected chi connectivity index (χ0v) is 14.8. The third-order valence-corrected chi connectivity index (χ3v) is 5.72. The maximum absolute atomic E-state index is 12.7. The van der Waals surface area contributed by atoms with Gasteiger partial charge in [-0.25, -0.2) is 4.98 Å². The lowest BCUT2D eigenvalue weighted by molar-refractivity contribution is 0.0691. The Morgan fingerprint density at radius 3 is 2.77 bits per heavy atom. The highest BCUT2D eigenvalue weighted by molar-refractivity contribution is 7.13. The van der Waals surface area contributed by atoms with E-state index in [2.05, 4.69) is 10.3 Å². The molecule has 1 unspecified atom stereocenters. The maximum atomic E-state index is 12.7. The van der Waals surface area contributed by atoms with E-state index in [1.54, 1.807) is 7.11 Å². The standard InChI is InChI=1S/C16H27N3O2S/c1-11-14(22-15(18-11)12(2)21-4)16(20)19-9-6-13(7-10-19)5-8-17-3/h12-13,17H,5-10H2,1-4H3. The third-order valence-electron chi connectivity index (χ3n) is 4.41. The van der Waals surface area contributed by atoms with E-state index in [1.807, 2.05) is 25.8 Å². The van der Waals surface area contributed by atoms with Gasteiger partial charge in [0, 0.05) is 20.2 Å². The smallest absolute Gasteiger partial charge is 0.265 e. The zero-order chi connectivity index (χ0) is 16.1. The summed E-state index contributed by atoms with van der Waals surface area (Å²) in [4.78, 5) is 20.0. The predicted molar refractivity (Wildman–Crippen MR) is 89.4 cm³/mol. The minimum absolute atomic E-state index is 0.0578. The molecule has 1 aliphatic heterocycles. The van der Waals surface area contributed by atoms with Crippen molar-refractivity contribution in [3.8, 4) is 0 Å². The summed E-state index contributed by atoms with van der Waals surface area (Å²) in [5.74, 6) is 0.875. The highest BCUT2D eigenvalue weighted by Gasteiger charge is 2.26. The molecule has 1 amide bonds. The van der Waals surface area contributed by atoms with Crippen LogP contribution in [0.4, 0.5) is 0 Å². The van der Waals surface area contributed by atoms with Gasteiger partial charge in [0.15, 0.2) is 0 Å². The summed E-state index contributed by atoms with van der Waals surface area (Å²) >= 11 is 1.47. The van der Waals surface area contributed by atoms with Crippen LogP contribution >= 0.6 is 11.3 Å². The molecule has 2 rings (SSSR count). The summed E-state index contributed by atoms with van der Waals surface area (Å²) in [5.41, 5.74) is 0.825. The number of ether oxygens (including phenoxy) is 1. The van der Waals surface area contributed by atoms with Crippen LogP contribution in [0.15, 0.2) is 0 Å². The van der Waals surface area contributed by atoms with Gasteiger partial charge in [-0.3, -0.25) is 4.79 Å². The zero-order valence-electron chi connectivity index (χ0n) is 14.0. The number of aromatic nitrogens is 1. The van der Waals surface area contributed by atoms with Crippen molar-refractivity contribution in [2.24, 2.45) is 5.92 Å². The number of nitrogens with one attached hydrogen (secondary N) is 1. The Labute approximate surface area is 137 Å². The Morgan fingerprint density at radius 2 is 2.18 bits per heavy atom. The molecule has 1 aromatic heterocycles. The first-order valence-electron chi connectivity index (χ1n) is 8.00. The second-order valence-electron chi connectivity index (χ2n) is 5.97. The molecule has 0 bridgehead atoms. The number of thiazole rings is 1. The Hall–Kier alpha value is -0.980. The largest absolute Gasteiger partial charge is 0.375 e. The van der Waals surface area contributed by atoms with Crippen molar-refractivity contribution in [1.82, 2.24) is 15.2 Å². The van der Waals surface area contributed by atoms with E-state index in [1.165, 1.54) is 17.8 Å². The fraction of sp³-hybridized carbons (Fsp3) is 0.750. The lowest BCUT2D eigenvalue weighted by atomic mass is 9.93. The molecule has 6 heteroatoms. The summed E-state index contributed by atoms with van der Waals surface area (Å²) in [5, 5.41) is 4.08. The first-order chi connectivity index (χ1) is 10.6. The molecule has 1 aromatic rings. The van der Waals surface area contributed by atoms with Gasteiger partial charge in [-0.05, 0) is 52.6 Å². The molecule has 5 nitrogen and oxygen atoms in total. The van der Waals surface area contributed by atoms with E-state index < -0.39 is 0 Å². The van der Waals surface area contributed by atoms with Crippen LogP contribution in [0.1, 0.15) is 52.7 Å². The van der Waals surface area contributed by atoms with Crippen molar-refractivity contribution < 1.29 is 9.53 Å². The van der Waals surface area contributed by atoms with Gasteiger partial charge in [0.25, 0.3) is 5.91 Å². The fourth-order valence-corrected chi connectivity index (χ4v) is 3.87. The van der Waals surface area contributed by atoms with Crippen molar-refractivity contribution in [2.75, 3.05) is 33.8 Å². The summed E-state index contributed by atoms with van der Waals surface area (Å²) in [6.07, 6.45) is 3.35. The molecule has 1 fully saturated rings. The van der Waals surface area contributed by atoms with Crippen molar-refractivity contribution in [2.45, 2.75) is 39.2 Å². The molecule has 0 aromatic carbocycles. The normalized spacial score (nSPS) is 17.7. The number of likely N-dealkylation sites (tertiary alicyclic amines) is 1. The number of carbonyl (C=O) groups excluding carboxylic acids is 1. The van der Waals surface area contributed by atoms with Crippen LogP contribution in [0.2, 0.25) is 0 Å². The number of rotatable bonds is 6. The van der Waals surface area contributed by atoms with Gasteiger partial charge in [-0.15, -0.1) is 11.3 Å². The molecule has 1 saturated heterocycles. The molecule has 0 aliphatic carbocycles. The van der Waals surface area contributed by atoms with Gasteiger partial charge < -0.3 is 15.0 Å². The first-order valence-corrected chi connectivity index (χ1v) is 8.82. The molecule has 1 aliphatic rings. The molecule has 22 heavy (non-hydrogen) atoms. The first kappa shape index (κ1) is 17.4. The van der Waals surface area contributed by atoms with Crippen molar-refractivity contribution in [3.63, 3.8) is 0 Å². The monoisotopic (exact) mass is 325 g/mol. The van der Waals surface area contributed by atoms with Gasteiger partial charge in [-0.2, -0.15) is 0 Å². The second-order valence-corrected chi connectivity index (χ2v) is 7.00. The Bertz CT molecular complexity index is 496. The van der Waals surface area contributed by atoms with Gasteiger partial charge in [0.05, 0.1) is 5.69 Å². The number of carbonyl (C=O) groups is 1. The fourth-order valence-electron chi connectivity index (χ4n) is 2.81. The van der Waals surface area contributed by atoms with Gasteiger partial charge >= 0.3 is 0 Å². The molecule has 1 N–H and O–H groups in total. The highest BCUT2D eigenvalue weighted by Crippen LogP contribution is 2.28. The molecule has 2 heterocycles. The number of aryl methyl sites for hydroxylation is 1. The Balaban J connectivity index is 1.97. The van der Waals surface area contributed by atoms with Gasteiger partial charge in [-0.1, -0.05) is 0 Å². The van der Waals surface area contributed by atoms with Crippen LogP contribution in [0.5, 0.6) is 0 Å². The third kappa shape index (κ3) is 4.06. The van der Waals surface area contributed by atoms with Crippen LogP contribution < -0.4 is 5.32 Å². The second kappa shape index (κ2) is 8.04. The Morgan fingerprint density at radius 1 is 1.50 bits per heavy atom. The van der Waals surface area contributed by atoms with Crippen molar-refractivity contribution >= 4 is 17.2 Å². The summed E-state index contributed by atoms with van der Waals surface area (Å²) in [7, 11) is 3.66.